The molecule has 0 spiro atoms. The molecule has 0 atom stereocenters. The molecule has 0 saturated carbocycles. The van der Waals surface area contributed by atoms with Crippen LogP contribution in [0.2, 0.25) is 0 Å². The molecule has 0 aliphatic heterocycles. The first kappa shape index (κ1) is 18.0. The second kappa shape index (κ2) is 13.7. The molecule has 0 aromatic heterocycles. The summed E-state index contributed by atoms with van der Waals surface area (Å²) in [5.74, 6) is 0. The molecular weight excluding hydrogens is 180 g/mol. The molecule has 1 aromatic carbocycles. The predicted molar refractivity (Wildman–Crippen MR) is 52.6 cm³/mol. The molecule has 0 heterocycles. The van der Waals surface area contributed by atoms with Crippen LogP contribution in [0.1, 0.15) is 25.8 Å². The standard InChI is InChI=1S/C7H7.C3H8.ClH.Mg/c1-7-5-3-2-4-6-7;1-3-2;;/h2-6H,1H2;3H2,1-2H3;1H;/q-1;;;+2/p-1. The van der Waals surface area contributed by atoms with Crippen molar-refractivity contribution in [1.82, 2.24) is 0 Å². The van der Waals surface area contributed by atoms with Gasteiger partial charge in [0.15, 0.2) is 0 Å². The summed E-state index contributed by atoms with van der Waals surface area (Å²) in [4.78, 5) is 0. The molecule has 0 unspecified atom stereocenters. The van der Waals surface area contributed by atoms with E-state index < -0.39 is 0 Å². The fourth-order valence-electron chi connectivity index (χ4n) is 0.478. The number of halogens is 1. The second-order valence-electron chi connectivity index (χ2n) is 2.19. The van der Waals surface area contributed by atoms with Crippen molar-refractivity contribution >= 4 is 23.1 Å². The molecule has 0 radical (unpaired) electrons. The summed E-state index contributed by atoms with van der Waals surface area (Å²) in [5.41, 5.74) is 1.07. The molecule has 64 valence electrons. The van der Waals surface area contributed by atoms with Crippen molar-refractivity contribution < 1.29 is 12.4 Å². The van der Waals surface area contributed by atoms with E-state index in [1.807, 2.05) is 30.3 Å². The maximum absolute atomic E-state index is 3.72. The zero-order valence-corrected chi connectivity index (χ0v) is 10.1. The fourth-order valence-corrected chi connectivity index (χ4v) is 0.478. The molecule has 1 aromatic rings. The molecule has 0 amide bonds. The molecule has 0 bridgehead atoms. The molecule has 0 fully saturated rings. The fraction of sp³-hybridized carbons (Fsp3) is 0.300. The maximum atomic E-state index is 3.72. The van der Waals surface area contributed by atoms with Gasteiger partial charge < -0.3 is 12.4 Å². The summed E-state index contributed by atoms with van der Waals surface area (Å²) in [6, 6.07) is 9.87. The van der Waals surface area contributed by atoms with Gasteiger partial charge in [0.25, 0.3) is 0 Å². The van der Waals surface area contributed by atoms with Crippen LogP contribution in [0.15, 0.2) is 30.3 Å². The second-order valence-corrected chi connectivity index (χ2v) is 2.19. The van der Waals surface area contributed by atoms with Gasteiger partial charge in [-0.05, 0) is 0 Å². The third-order valence-corrected chi connectivity index (χ3v) is 0.843. The number of hydrogen-bond donors (Lipinski definition) is 0. The zero-order valence-electron chi connectivity index (χ0n) is 7.89. The van der Waals surface area contributed by atoms with E-state index in [-0.39, 0.29) is 35.5 Å². The summed E-state index contributed by atoms with van der Waals surface area (Å²) in [7, 11) is 0. The van der Waals surface area contributed by atoms with Crippen LogP contribution in [0.3, 0.4) is 0 Å². The van der Waals surface area contributed by atoms with E-state index >= 15 is 0 Å². The Labute approximate surface area is 98.3 Å². The Balaban J connectivity index is -0.000000146. The minimum Gasteiger partial charge on any atom is -1.00 e. The molecule has 2 heteroatoms. The van der Waals surface area contributed by atoms with Crippen LogP contribution in [0.4, 0.5) is 0 Å². The van der Waals surface area contributed by atoms with Crippen molar-refractivity contribution in [1.29, 1.82) is 0 Å². The van der Waals surface area contributed by atoms with Gasteiger partial charge in [-0.25, -0.2) is 0 Å². The van der Waals surface area contributed by atoms with Gasteiger partial charge in [0.05, 0.1) is 0 Å². The first-order valence-electron chi connectivity index (χ1n) is 3.68. The minimum absolute atomic E-state index is 0. The van der Waals surface area contributed by atoms with Gasteiger partial charge in [0.2, 0.25) is 0 Å². The zero-order chi connectivity index (χ0) is 7.82. The third kappa shape index (κ3) is 12.8. The summed E-state index contributed by atoms with van der Waals surface area (Å²) in [6.07, 6.45) is 1.25. The first-order chi connectivity index (χ1) is 4.81. The molecule has 0 saturated heterocycles. The molecule has 1 rings (SSSR count). The van der Waals surface area contributed by atoms with Crippen molar-refractivity contribution in [2.45, 2.75) is 20.3 Å². The summed E-state index contributed by atoms with van der Waals surface area (Å²) in [6.45, 7) is 7.97. The minimum atomic E-state index is 0. The number of hydrogen-bond acceptors (Lipinski definition) is 0. The average Bonchev–Trinajstić information content (AvgIpc) is 1.91. The van der Waals surface area contributed by atoms with Gasteiger partial charge in [0.1, 0.15) is 0 Å². The van der Waals surface area contributed by atoms with Gasteiger partial charge in [-0.15, -0.1) is 12.1 Å². The van der Waals surface area contributed by atoms with Gasteiger partial charge in [-0.2, -0.15) is 24.6 Å². The normalized spacial score (nSPS) is 6.50. The monoisotopic (exact) mass is 194 g/mol. The number of rotatable bonds is 0. The summed E-state index contributed by atoms with van der Waals surface area (Å²) >= 11 is 0. The number of benzene rings is 1. The first-order valence-corrected chi connectivity index (χ1v) is 3.68. The van der Waals surface area contributed by atoms with Gasteiger partial charge in [-0.3, -0.25) is 0 Å². The third-order valence-electron chi connectivity index (χ3n) is 0.843. The van der Waals surface area contributed by atoms with Crippen LogP contribution < -0.4 is 12.4 Å². The molecule has 12 heavy (non-hydrogen) atoms. The van der Waals surface area contributed by atoms with E-state index in [9.17, 15) is 0 Å². The average molecular weight is 195 g/mol. The molecular formula is C10H15ClMg. The molecule has 0 nitrogen and oxygen atoms in total. The topological polar surface area (TPSA) is 0 Å². The maximum Gasteiger partial charge on any atom is 2.00 e. The van der Waals surface area contributed by atoms with E-state index in [1.54, 1.807) is 0 Å². The van der Waals surface area contributed by atoms with Crippen LogP contribution in [0.25, 0.3) is 0 Å². The molecule has 0 aliphatic rings. The van der Waals surface area contributed by atoms with Crippen LogP contribution in [0, 0.1) is 6.92 Å². The van der Waals surface area contributed by atoms with Crippen LogP contribution in [-0.2, 0) is 0 Å². The smallest absolute Gasteiger partial charge is 1.00 e. The van der Waals surface area contributed by atoms with Crippen molar-refractivity contribution in [2.75, 3.05) is 0 Å². The van der Waals surface area contributed by atoms with Gasteiger partial charge >= 0.3 is 23.1 Å². The molecule has 0 N–H and O–H groups in total. The Morgan fingerprint density at radius 3 is 1.58 bits per heavy atom. The van der Waals surface area contributed by atoms with E-state index in [2.05, 4.69) is 20.8 Å². The Morgan fingerprint density at radius 1 is 1.08 bits per heavy atom. The van der Waals surface area contributed by atoms with Crippen molar-refractivity contribution in [3.63, 3.8) is 0 Å². The van der Waals surface area contributed by atoms with E-state index in [1.165, 1.54) is 6.42 Å². The predicted octanol–water partition coefficient (Wildman–Crippen LogP) is -0.0917. The van der Waals surface area contributed by atoms with Gasteiger partial charge in [0, 0.05) is 0 Å². The Bertz CT molecular complexity index is 151. The van der Waals surface area contributed by atoms with Crippen molar-refractivity contribution in [3.8, 4) is 0 Å². The largest absolute Gasteiger partial charge is 2.00 e. The van der Waals surface area contributed by atoms with Crippen LogP contribution in [0.5, 0.6) is 0 Å². The van der Waals surface area contributed by atoms with E-state index in [0.29, 0.717) is 0 Å². The van der Waals surface area contributed by atoms with E-state index in [0.717, 1.165) is 5.56 Å². The van der Waals surface area contributed by atoms with Crippen LogP contribution in [-0.4, -0.2) is 23.1 Å². The Kier molecular flexibility index (Phi) is 20.6. The van der Waals surface area contributed by atoms with E-state index in [4.69, 9.17) is 0 Å². The SMILES string of the molecule is CCC.[CH2-]c1ccccc1.[Cl-].[Mg+2]. The Morgan fingerprint density at radius 2 is 1.42 bits per heavy atom. The summed E-state index contributed by atoms with van der Waals surface area (Å²) in [5, 5.41) is 0. The molecule has 0 aliphatic carbocycles. The van der Waals surface area contributed by atoms with Gasteiger partial charge in [-0.1, -0.05) is 26.3 Å². The van der Waals surface area contributed by atoms with Crippen LogP contribution >= 0.6 is 0 Å². The van der Waals surface area contributed by atoms with Crippen molar-refractivity contribution in [2.24, 2.45) is 0 Å². The van der Waals surface area contributed by atoms with Crippen molar-refractivity contribution in [3.05, 3.63) is 42.8 Å². The Hall–Kier alpha value is 0.146. The summed E-state index contributed by atoms with van der Waals surface area (Å²) < 4.78 is 0. The quantitative estimate of drug-likeness (QED) is 0.400.